The predicted octanol–water partition coefficient (Wildman–Crippen LogP) is 3.44. The van der Waals surface area contributed by atoms with Crippen molar-refractivity contribution in [2.45, 2.75) is 73.1 Å². The maximum Gasteiger partial charge on any atom is 0.253 e. The zero-order valence-corrected chi connectivity index (χ0v) is 16.5. The lowest BCUT2D eigenvalue weighted by Crippen LogP contribution is -2.38. The summed E-state index contributed by atoms with van der Waals surface area (Å²) in [7, 11) is 0. The number of amides is 3. The Morgan fingerprint density at radius 2 is 1.56 bits per heavy atom. The minimum Gasteiger partial charge on any atom is -0.354 e. The summed E-state index contributed by atoms with van der Waals surface area (Å²) in [6.07, 6.45) is 8.43. The Morgan fingerprint density at radius 1 is 1.00 bits per heavy atom. The third-order valence-electron chi connectivity index (χ3n) is 5.25. The summed E-state index contributed by atoms with van der Waals surface area (Å²) in [5.74, 6) is -0.635. The molecule has 0 aromatic rings. The van der Waals surface area contributed by atoms with Crippen LogP contribution in [-0.4, -0.2) is 35.7 Å². The highest BCUT2D eigenvalue weighted by atomic mass is 16.2. The van der Waals surface area contributed by atoms with Gasteiger partial charge in [-0.15, -0.1) is 0 Å². The van der Waals surface area contributed by atoms with E-state index in [4.69, 9.17) is 0 Å². The molecule has 0 atom stereocenters. The zero-order chi connectivity index (χ0) is 19.1. The van der Waals surface area contributed by atoms with Crippen molar-refractivity contribution >= 4 is 17.7 Å². The number of carbonyl (C=O) groups is 3. The molecule has 5 nitrogen and oxygen atoms in total. The Hall–Kier alpha value is -1.65. The van der Waals surface area contributed by atoms with Gasteiger partial charge in [0.1, 0.15) is 0 Å². The van der Waals surface area contributed by atoms with Gasteiger partial charge < -0.3 is 5.32 Å². The van der Waals surface area contributed by atoms with Crippen molar-refractivity contribution in [1.82, 2.24) is 10.2 Å². The van der Waals surface area contributed by atoms with Crippen LogP contribution < -0.4 is 5.32 Å². The Kier molecular flexibility index (Phi) is 7.84. The predicted molar refractivity (Wildman–Crippen MR) is 99.8 cm³/mol. The summed E-state index contributed by atoms with van der Waals surface area (Å²) >= 11 is 0. The molecule has 1 aliphatic heterocycles. The smallest absolute Gasteiger partial charge is 0.253 e. The number of nitrogens with one attached hydrogen (secondary N) is 1. The van der Waals surface area contributed by atoms with Crippen LogP contribution in [0.2, 0.25) is 0 Å². The molecule has 0 saturated carbocycles. The number of hydrogen-bond donors (Lipinski definition) is 1. The maximum atomic E-state index is 11.9. The number of imide groups is 1. The summed E-state index contributed by atoms with van der Waals surface area (Å²) in [5.41, 5.74) is 0.626. The molecule has 0 aliphatic carbocycles. The molecule has 1 N–H and O–H groups in total. The third-order valence-corrected chi connectivity index (χ3v) is 5.25. The molecular formula is C20H34N2O3. The molecule has 0 aromatic carbocycles. The molecule has 0 fully saturated rings. The maximum absolute atomic E-state index is 11.9. The number of rotatable bonds is 11. The van der Waals surface area contributed by atoms with Crippen molar-refractivity contribution in [3.05, 3.63) is 12.2 Å². The van der Waals surface area contributed by atoms with Gasteiger partial charge in [-0.05, 0) is 36.5 Å². The Morgan fingerprint density at radius 3 is 2.12 bits per heavy atom. The van der Waals surface area contributed by atoms with E-state index >= 15 is 0 Å². The Balaban J connectivity index is 2.19. The second-order valence-electron chi connectivity index (χ2n) is 8.55. The van der Waals surface area contributed by atoms with Gasteiger partial charge in [0.2, 0.25) is 5.91 Å². The average molecular weight is 351 g/mol. The van der Waals surface area contributed by atoms with Gasteiger partial charge in [0.25, 0.3) is 11.8 Å². The summed E-state index contributed by atoms with van der Waals surface area (Å²) < 4.78 is 0. The number of carbonyl (C=O) groups excluding carboxylic acids is 3. The molecule has 0 spiro atoms. The number of nitrogens with zero attached hydrogens (tertiary/aromatic N) is 1. The highest BCUT2D eigenvalue weighted by Gasteiger charge is 2.24. The van der Waals surface area contributed by atoms with E-state index in [0.29, 0.717) is 18.4 Å². The van der Waals surface area contributed by atoms with Crippen molar-refractivity contribution in [3.63, 3.8) is 0 Å². The topological polar surface area (TPSA) is 66.5 Å². The highest BCUT2D eigenvalue weighted by Crippen LogP contribution is 2.35. The largest absolute Gasteiger partial charge is 0.354 e. The van der Waals surface area contributed by atoms with E-state index < -0.39 is 0 Å². The van der Waals surface area contributed by atoms with Crippen LogP contribution in [0.1, 0.15) is 73.1 Å². The quantitative estimate of drug-likeness (QED) is 0.581. The van der Waals surface area contributed by atoms with Crippen LogP contribution in [-0.2, 0) is 14.4 Å². The van der Waals surface area contributed by atoms with Crippen molar-refractivity contribution < 1.29 is 14.4 Å². The first-order valence-corrected chi connectivity index (χ1v) is 9.36. The van der Waals surface area contributed by atoms with Crippen molar-refractivity contribution in [2.75, 3.05) is 13.1 Å². The third kappa shape index (κ3) is 7.84. The molecule has 0 unspecified atom stereocenters. The Labute approximate surface area is 152 Å². The normalized spacial score (nSPS) is 15.2. The van der Waals surface area contributed by atoms with Crippen LogP contribution in [0.15, 0.2) is 12.2 Å². The van der Waals surface area contributed by atoms with Gasteiger partial charge >= 0.3 is 0 Å². The van der Waals surface area contributed by atoms with E-state index in [1.807, 2.05) is 0 Å². The summed E-state index contributed by atoms with van der Waals surface area (Å²) in [5, 5.41) is 2.79. The molecule has 0 radical (unpaired) electrons. The van der Waals surface area contributed by atoms with Crippen LogP contribution in [0, 0.1) is 10.8 Å². The molecule has 25 heavy (non-hydrogen) atoms. The molecule has 0 saturated heterocycles. The minimum atomic E-state index is -0.309. The molecule has 1 aliphatic rings. The van der Waals surface area contributed by atoms with Gasteiger partial charge in [-0.25, -0.2) is 0 Å². The standard InChI is InChI=1S/C20H34N2O3/c1-6-19(2,3)12-13-20(4,5)11-7-8-16(23)21-14-15-22-17(24)9-10-18(22)25/h9-10H,6-8,11-15H2,1-5H3,(H,21,23). The second-order valence-corrected chi connectivity index (χ2v) is 8.55. The first-order chi connectivity index (χ1) is 11.6. The Bertz CT molecular complexity index is 503. The fourth-order valence-corrected chi connectivity index (χ4v) is 2.75. The highest BCUT2D eigenvalue weighted by molar-refractivity contribution is 6.12. The van der Waals surface area contributed by atoms with E-state index in [-0.39, 0.29) is 29.7 Å². The van der Waals surface area contributed by atoms with Crippen LogP contribution in [0.4, 0.5) is 0 Å². The monoisotopic (exact) mass is 350 g/mol. The van der Waals surface area contributed by atoms with Crippen LogP contribution in [0.25, 0.3) is 0 Å². The van der Waals surface area contributed by atoms with Gasteiger partial charge in [0, 0.05) is 31.7 Å². The summed E-state index contributed by atoms with van der Waals surface area (Å²) in [6.45, 7) is 11.9. The molecule has 5 heteroatoms. The molecular weight excluding hydrogens is 316 g/mol. The molecule has 0 bridgehead atoms. The summed E-state index contributed by atoms with van der Waals surface area (Å²) in [6, 6.07) is 0. The van der Waals surface area contributed by atoms with E-state index in [1.54, 1.807) is 0 Å². The van der Waals surface area contributed by atoms with Gasteiger partial charge in [-0.2, -0.15) is 0 Å². The lowest BCUT2D eigenvalue weighted by atomic mass is 9.75. The minimum absolute atomic E-state index is 0.0169. The first-order valence-electron chi connectivity index (χ1n) is 9.36. The van der Waals surface area contributed by atoms with Gasteiger partial charge in [0.05, 0.1) is 0 Å². The van der Waals surface area contributed by atoms with E-state index in [1.165, 1.54) is 31.4 Å². The van der Waals surface area contributed by atoms with Gasteiger partial charge in [-0.3, -0.25) is 19.3 Å². The molecule has 142 valence electrons. The first kappa shape index (κ1) is 21.4. The lowest BCUT2D eigenvalue weighted by Gasteiger charge is -2.30. The van der Waals surface area contributed by atoms with Crippen LogP contribution in [0.5, 0.6) is 0 Å². The van der Waals surface area contributed by atoms with Crippen LogP contribution >= 0.6 is 0 Å². The molecule has 1 heterocycles. The van der Waals surface area contributed by atoms with E-state index in [2.05, 4.69) is 39.9 Å². The fourth-order valence-electron chi connectivity index (χ4n) is 2.75. The van der Waals surface area contributed by atoms with Gasteiger partial charge in [0.15, 0.2) is 0 Å². The molecule has 0 aromatic heterocycles. The van der Waals surface area contributed by atoms with Crippen LogP contribution in [0.3, 0.4) is 0 Å². The second kappa shape index (κ2) is 9.16. The fraction of sp³-hybridized carbons (Fsp3) is 0.750. The lowest BCUT2D eigenvalue weighted by molar-refractivity contribution is -0.137. The molecule has 1 rings (SSSR count). The summed E-state index contributed by atoms with van der Waals surface area (Å²) in [4.78, 5) is 35.9. The van der Waals surface area contributed by atoms with Crippen molar-refractivity contribution in [2.24, 2.45) is 10.8 Å². The van der Waals surface area contributed by atoms with E-state index in [9.17, 15) is 14.4 Å². The van der Waals surface area contributed by atoms with Crippen molar-refractivity contribution in [3.8, 4) is 0 Å². The zero-order valence-electron chi connectivity index (χ0n) is 16.5. The van der Waals surface area contributed by atoms with E-state index in [0.717, 1.165) is 17.7 Å². The number of hydrogen-bond acceptors (Lipinski definition) is 3. The molecule has 3 amide bonds. The SMILES string of the molecule is CCC(C)(C)CCC(C)(C)CCCC(=O)NCCN1C(=O)C=CC1=O. The van der Waals surface area contributed by atoms with Gasteiger partial charge in [-0.1, -0.05) is 41.0 Å². The average Bonchev–Trinajstić information content (AvgIpc) is 2.85. The van der Waals surface area contributed by atoms with Crippen molar-refractivity contribution in [1.29, 1.82) is 0 Å².